The average Bonchev–Trinajstić information content (AvgIpc) is 2.46. The second-order valence-electron chi connectivity index (χ2n) is 6.38. The third kappa shape index (κ3) is 3.91. The fourth-order valence-corrected chi connectivity index (χ4v) is 3.17. The molecule has 0 saturated heterocycles. The second kappa shape index (κ2) is 6.24. The van der Waals surface area contributed by atoms with E-state index in [4.69, 9.17) is 5.11 Å². The molecule has 0 heterocycles. The summed E-state index contributed by atoms with van der Waals surface area (Å²) in [6.45, 7) is 6.12. The Morgan fingerprint density at radius 2 is 1.67 bits per heavy atom. The SMILES string of the molecule is CC(C)(C)c1ccc(NS(=O)(=O)c2ccc(F)c(C(=O)O)c2)cc1. The van der Waals surface area contributed by atoms with E-state index in [1.807, 2.05) is 32.9 Å². The highest BCUT2D eigenvalue weighted by molar-refractivity contribution is 7.92. The number of hydrogen-bond acceptors (Lipinski definition) is 3. The summed E-state index contributed by atoms with van der Waals surface area (Å²) in [7, 11) is -4.01. The highest BCUT2D eigenvalue weighted by Crippen LogP contribution is 2.25. The van der Waals surface area contributed by atoms with Crippen LogP contribution in [0.1, 0.15) is 36.7 Å². The number of rotatable bonds is 4. The summed E-state index contributed by atoms with van der Waals surface area (Å²) in [4.78, 5) is 10.6. The highest BCUT2D eigenvalue weighted by atomic mass is 32.2. The minimum absolute atomic E-state index is 0.0647. The molecule has 0 atom stereocenters. The summed E-state index contributed by atoms with van der Waals surface area (Å²) in [5, 5.41) is 8.90. The van der Waals surface area contributed by atoms with Crippen molar-refractivity contribution in [3.05, 3.63) is 59.4 Å². The van der Waals surface area contributed by atoms with Crippen molar-refractivity contribution >= 4 is 21.7 Å². The van der Waals surface area contributed by atoms with Crippen molar-refractivity contribution in [3.8, 4) is 0 Å². The minimum atomic E-state index is -4.01. The molecule has 0 saturated carbocycles. The molecule has 0 aliphatic heterocycles. The number of carbonyl (C=O) groups is 1. The molecule has 0 spiro atoms. The van der Waals surface area contributed by atoms with Crippen LogP contribution in [0, 0.1) is 5.82 Å². The fraction of sp³-hybridized carbons (Fsp3) is 0.235. The Bertz CT molecular complexity index is 868. The Kier molecular flexibility index (Phi) is 4.66. The first kappa shape index (κ1) is 17.9. The molecular weight excluding hydrogens is 333 g/mol. The first-order valence-corrected chi connectivity index (χ1v) is 8.65. The summed E-state index contributed by atoms with van der Waals surface area (Å²) in [5.74, 6) is -2.52. The second-order valence-corrected chi connectivity index (χ2v) is 8.06. The Labute approximate surface area is 140 Å². The van der Waals surface area contributed by atoms with Gasteiger partial charge in [-0.3, -0.25) is 4.72 Å². The Balaban J connectivity index is 2.32. The third-order valence-corrected chi connectivity index (χ3v) is 4.86. The minimum Gasteiger partial charge on any atom is -0.478 e. The van der Waals surface area contributed by atoms with Gasteiger partial charge in [-0.25, -0.2) is 17.6 Å². The van der Waals surface area contributed by atoms with E-state index < -0.39 is 27.4 Å². The molecule has 0 fully saturated rings. The van der Waals surface area contributed by atoms with E-state index in [2.05, 4.69) is 4.72 Å². The zero-order valence-electron chi connectivity index (χ0n) is 13.5. The van der Waals surface area contributed by atoms with E-state index in [-0.39, 0.29) is 10.3 Å². The maximum atomic E-state index is 13.4. The van der Waals surface area contributed by atoms with Gasteiger partial charge < -0.3 is 5.11 Å². The van der Waals surface area contributed by atoms with E-state index in [0.717, 1.165) is 23.8 Å². The molecule has 128 valence electrons. The number of carboxylic acid groups (broad SMARTS) is 1. The summed E-state index contributed by atoms with van der Waals surface area (Å²) >= 11 is 0. The molecule has 0 aliphatic rings. The predicted molar refractivity (Wildman–Crippen MR) is 89.3 cm³/mol. The summed E-state index contributed by atoms with van der Waals surface area (Å²) in [6.07, 6.45) is 0. The normalized spacial score (nSPS) is 12.0. The van der Waals surface area contributed by atoms with Crippen molar-refractivity contribution < 1.29 is 22.7 Å². The van der Waals surface area contributed by atoms with Gasteiger partial charge in [-0.15, -0.1) is 0 Å². The largest absolute Gasteiger partial charge is 0.478 e. The number of nitrogens with one attached hydrogen (secondary N) is 1. The van der Waals surface area contributed by atoms with Gasteiger partial charge in [-0.2, -0.15) is 0 Å². The van der Waals surface area contributed by atoms with E-state index in [1.54, 1.807) is 12.1 Å². The summed E-state index contributed by atoms with van der Waals surface area (Å²) in [6, 6.07) is 9.51. The lowest BCUT2D eigenvalue weighted by Crippen LogP contribution is -2.15. The Morgan fingerprint density at radius 1 is 1.08 bits per heavy atom. The van der Waals surface area contributed by atoms with Gasteiger partial charge in [0.25, 0.3) is 10.0 Å². The molecule has 0 unspecified atom stereocenters. The van der Waals surface area contributed by atoms with Crippen LogP contribution in [0.3, 0.4) is 0 Å². The van der Waals surface area contributed by atoms with Crippen molar-refractivity contribution in [2.24, 2.45) is 0 Å². The summed E-state index contributed by atoms with van der Waals surface area (Å²) < 4.78 is 40.4. The zero-order valence-corrected chi connectivity index (χ0v) is 14.3. The molecule has 2 rings (SSSR count). The number of sulfonamides is 1. The van der Waals surface area contributed by atoms with Crippen molar-refractivity contribution in [2.45, 2.75) is 31.1 Å². The number of carboxylic acids is 1. The molecule has 0 aromatic heterocycles. The van der Waals surface area contributed by atoms with Gasteiger partial charge in [-0.05, 0) is 41.3 Å². The first-order valence-electron chi connectivity index (χ1n) is 7.17. The lowest BCUT2D eigenvalue weighted by atomic mass is 9.87. The van der Waals surface area contributed by atoms with Gasteiger partial charge in [0.2, 0.25) is 0 Å². The molecule has 2 aromatic carbocycles. The van der Waals surface area contributed by atoms with Crippen LogP contribution >= 0.6 is 0 Å². The van der Waals surface area contributed by atoms with Crippen molar-refractivity contribution in [1.82, 2.24) is 0 Å². The maximum Gasteiger partial charge on any atom is 0.338 e. The third-order valence-electron chi connectivity index (χ3n) is 3.48. The smallest absolute Gasteiger partial charge is 0.338 e. The highest BCUT2D eigenvalue weighted by Gasteiger charge is 2.20. The molecule has 0 amide bonds. The van der Waals surface area contributed by atoms with Gasteiger partial charge in [-0.1, -0.05) is 32.9 Å². The van der Waals surface area contributed by atoms with Gasteiger partial charge in [0, 0.05) is 5.69 Å². The molecule has 24 heavy (non-hydrogen) atoms. The molecule has 2 N–H and O–H groups in total. The monoisotopic (exact) mass is 351 g/mol. The quantitative estimate of drug-likeness (QED) is 0.881. The van der Waals surface area contributed by atoms with Gasteiger partial charge >= 0.3 is 5.97 Å². The van der Waals surface area contributed by atoms with Crippen LogP contribution in [0.15, 0.2) is 47.4 Å². The van der Waals surface area contributed by atoms with Crippen LogP contribution < -0.4 is 4.72 Å². The summed E-state index contributed by atoms with van der Waals surface area (Å²) in [5.41, 5.74) is 0.621. The van der Waals surface area contributed by atoms with Crippen LogP contribution in [0.4, 0.5) is 10.1 Å². The molecule has 2 aromatic rings. The van der Waals surface area contributed by atoms with Crippen LogP contribution in [-0.4, -0.2) is 19.5 Å². The molecule has 0 radical (unpaired) electrons. The Hall–Kier alpha value is -2.41. The predicted octanol–water partition coefficient (Wildman–Crippen LogP) is 3.62. The van der Waals surface area contributed by atoms with Crippen molar-refractivity contribution in [1.29, 1.82) is 0 Å². The average molecular weight is 351 g/mol. The zero-order chi connectivity index (χ0) is 18.1. The van der Waals surface area contributed by atoms with Gasteiger partial charge in [0.15, 0.2) is 0 Å². The molecule has 0 aliphatic carbocycles. The van der Waals surface area contributed by atoms with Crippen LogP contribution in [0.25, 0.3) is 0 Å². The van der Waals surface area contributed by atoms with E-state index in [9.17, 15) is 17.6 Å². The Morgan fingerprint density at radius 3 is 2.17 bits per heavy atom. The molecule has 0 bridgehead atoms. The van der Waals surface area contributed by atoms with Crippen LogP contribution in [-0.2, 0) is 15.4 Å². The van der Waals surface area contributed by atoms with E-state index >= 15 is 0 Å². The van der Waals surface area contributed by atoms with Gasteiger partial charge in [0.05, 0.1) is 10.5 Å². The lowest BCUT2D eigenvalue weighted by molar-refractivity contribution is 0.0691. The van der Waals surface area contributed by atoms with Crippen LogP contribution in [0.2, 0.25) is 0 Å². The maximum absolute atomic E-state index is 13.4. The molecule has 5 nitrogen and oxygen atoms in total. The van der Waals surface area contributed by atoms with Crippen molar-refractivity contribution in [3.63, 3.8) is 0 Å². The molecular formula is C17H18FNO4S. The number of halogens is 1. The number of hydrogen-bond donors (Lipinski definition) is 2. The number of aromatic carboxylic acids is 1. The lowest BCUT2D eigenvalue weighted by Gasteiger charge is -2.19. The number of benzene rings is 2. The topological polar surface area (TPSA) is 83.5 Å². The number of anilines is 1. The van der Waals surface area contributed by atoms with E-state index in [1.165, 1.54) is 0 Å². The van der Waals surface area contributed by atoms with Crippen LogP contribution in [0.5, 0.6) is 0 Å². The van der Waals surface area contributed by atoms with Crippen molar-refractivity contribution in [2.75, 3.05) is 4.72 Å². The fourth-order valence-electron chi connectivity index (χ4n) is 2.09. The van der Waals surface area contributed by atoms with E-state index in [0.29, 0.717) is 5.69 Å². The first-order chi connectivity index (χ1) is 11.0. The molecule has 7 heteroatoms. The standard InChI is InChI=1S/C17H18FNO4S/c1-17(2,3)11-4-6-12(7-5-11)19-24(22,23)13-8-9-15(18)14(10-13)16(20)21/h4-10,19H,1-3H3,(H,20,21). The van der Waals surface area contributed by atoms with Gasteiger partial charge in [0.1, 0.15) is 5.82 Å².